The molecule has 14 heavy (non-hydrogen) atoms. The van der Waals surface area contributed by atoms with Gasteiger partial charge in [-0.3, -0.25) is 4.79 Å². The van der Waals surface area contributed by atoms with Crippen molar-refractivity contribution in [3.63, 3.8) is 0 Å². The van der Waals surface area contributed by atoms with E-state index in [9.17, 15) is 4.79 Å². The molecule has 1 aromatic rings. The van der Waals surface area contributed by atoms with Gasteiger partial charge in [0.2, 0.25) is 0 Å². The number of nitrogens with zero attached hydrogens (tertiary/aromatic N) is 2. The second-order valence-corrected chi connectivity index (χ2v) is 2.88. The van der Waals surface area contributed by atoms with Gasteiger partial charge >= 0.3 is 0 Å². The number of carbonyl (C=O) groups excluding carboxylic acids is 1. The Morgan fingerprint density at radius 2 is 2.29 bits per heavy atom. The highest BCUT2D eigenvalue weighted by atomic mass is 16.1. The summed E-state index contributed by atoms with van der Waals surface area (Å²) >= 11 is 0. The van der Waals surface area contributed by atoms with Crippen molar-refractivity contribution < 1.29 is 4.79 Å². The van der Waals surface area contributed by atoms with Crippen LogP contribution in [0.1, 0.15) is 13.8 Å². The molecular formula is C9H12N4O. The number of anilines is 2. The Labute approximate surface area is 82.1 Å². The van der Waals surface area contributed by atoms with Crippen molar-refractivity contribution in [3.8, 4) is 0 Å². The third-order valence-corrected chi connectivity index (χ3v) is 1.49. The molecule has 74 valence electrons. The summed E-state index contributed by atoms with van der Waals surface area (Å²) in [6, 6.07) is 0. The lowest BCUT2D eigenvalue weighted by Crippen LogP contribution is -2.03. The zero-order valence-corrected chi connectivity index (χ0v) is 8.11. The molecule has 5 nitrogen and oxygen atoms in total. The number of nitrogens with one attached hydrogen (secondary N) is 1. The van der Waals surface area contributed by atoms with Crippen LogP contribution in [0.25, 0.3) is 0 Å². The van der Waals surface area contributed by atoms with Gasteiger partial charge in [-0.2, -0.15) is 0 Å². The van der Waals surface area contributed by atoms with Gasteiger partial charge in [0.25, 0.3) is 0 Å². The molecule has 0 aliphatic heterocycles. The summed E-state index contributed by atoms with van der Waals surface area (Å²) in [5, 5.41) is 2.93. The number of allylic oxidation sites excluding steroid dienone is 2. The highest BCUT2D eigenvalue weighted by molar-refractivity contribution is 5.88. The van der Waals surface area contributed by atoms with Crippen molar-refractivity contribution in [1.29, 1.82) is 0 Å². The molecule has 0 aliphatic rings. The van der Waals surface area contributed by atoms with Crippen molar-refractivity contribution in [2.24, 2.45) is 0 Å². The van der Waals surface area contributed by atoms with E-state index in [1.807, 2.05) is 0 Å². The lowest BCUT2D eigenvalue weighted by Gasteiger charge is -2.06. The first-order valence-electron chi connectivity index (χ1n) is 4.11. The second kappa shape index (κ2) is 4.36. The zero-order valence-electron chi connectivity index (χ0n) is 8.11. The molecule has 0 aliphatic carbocycles. The van der Waals surface area contributed by atoms with Crippen molar-refractivity contribution >= 4 is 17.3 Å². The van der Waals surface area contributed by atoms with Crippen LogP contribution < -0.4 is 11.1 Å². The molecule has 0 atom stereocenters. The van der Waals surface area contributed by atoms with Crippen molar-refractivity contribution in [3.05, 3.63) is 24.3 Å². The maximum Gasteiger partial charge on any atom is 0.154 e. The SMILES string of the molecule is CC(=O)C=C(C)Nc1cncnc1N. The van der Waals surface area contributed by atoms with Crippen LogP contribution in [0, 0.1) is 0 Å². The minimum absolute atomic E-state index is 0.0228. The van der Waals surface area contributed by atoms with Gasteiger partial charge in [-0.05, 0) is 19.9 Å². The predicted octanol–water partition coefficient (Wildman–Crippen LogP) is 0.963. The van der Waals surface area contributed by atoms with Gasteiger partial charge in [0.1, 0.15) is 6.33 Å². The molecule has 0 spiro atoms. The van der Waals surface area contributed by atoms with Gasteiger partial charge < -0.3 is 11.1 Å². The lowest BCUT2D eigenvalue weighted by molar-refractivity contribution is -0.112. The molecule has 3 N–H and O–H groups in total. The Kier molecular flexibility index (Phi) is 3.17. The van der Waals surface area contributed by atoms with Crippen molar-refractivity contribution in [2.45, 2.75) is 13.8 Å². The quantitative estimate of drug-likeness (QED) is 0.697. The molecule has 0 amide bonds. The molecule has 0 fully saturated rings. The monoisotopic (exact) mass is 192 g/mol. The fourth-order valence-corrected chi connectivity index (χ4v) is 0.989. The van der Waals surface area contributed by atoms with Crippen LogP contribution in [0.15, 0.2) is 24.3 Å². The summed E-state index contributed by atoms with van der Waals surface area (Å²) < 4.78 is 0. The summed E-state index contributed by atoms with van der Waals surface area (Å²) in [7, 11) is 0. The van der Waals surface area contributed by atoms with E-state index in [0.717, 1.165) is 0 Å². The van der Waals surface area contributed by atoms with E-state index in [2.05, 4.69) is 15.3 Å². The highest BCUT2D eigenvalue weighted by Gasteiger charge is 1.99. The van der Waals surface area contributed by atoms with Gasteiger partial charge in [0, 0.05) is 5.70 Å². The number of hydrogen-bond acceptors (Lipinski definition) is 5. The molecule has 0 unspecified atom stereocenters. The topological polar surface area (TPSA) is 80.9 Å². The number of hydrogen-bond donors (Lipinski definition) is 2. The van der Waals surface area contributed by atoms with Gasteiger partial charge in [-0.25, -0.2) is 9.97 Å². The fourth-order valence-electron chi connectivity index (χ4n) is 0.989. The molecule has 0 saturated heterocycles. The van der Waals surface area contributed by atoms with E-state index >= 15 is 0 Å². The number of rotatable bonds is 3. The minimum atomic E-state index is -0.0228. The molecule has 0 bridgehead atoms. The van der Waals surface area contributed by atoms with Crippen LogP contribution in [-0.2, 0) is 4.79 Å². The third-order valence-electron chi connectivity index (χ3n) is 1.49. The van der Waals surface area contributed by atoms with Crippen LogP contribution in [0.4, 0.5) is 11.5 Å². The summed E-state index contributed by atoms with van der Waals surface area (Å²) in [6.07, 6.45) is 4.40. The fraction of sp³-hybridized carbons (Fsp3) is 0.222. The standard InChI is InChI=1S/C9H12N4O/c1-6(3-7(2)14)13-8-4-11-5-12-9(8)10/h3-5,13H,1-2H3,(H2,10,11,12). The van der Waals surface area contributed by atoms with Crippen LogP contribution >= 0.6 is 0 Å². The minimum Gasteiger partial charge on any atom is -0.382 e. The number of nitrogens with two attached hydrogens (primary N) is 1. The predicted molar refractivity (Wildman–Crippen MR) is 54.5 cm³/mol. The molecule has 1 aromatic heterocycles. The maximum atomic E-state index is 10.8. The summed E-state index contributed by atoms with van der Waals surface area (Å²) in [6.45, 7) is 3.25. The molecule has 0 saturated carbocycles. The summed E-state index contributed by atoms with van der Waals surface area (Å²) in [5.41, 5.74) is 6.88. The normalized spacial score (nSPS) is 11.1. The van der Waals surface area contributed by atoms with E-state index in [0.29, 0.717) is 17.2 Å². The van der Waals surface area contributed by atoms with Crippen LogP contribution in [0.2, 0.25) is 0 Å². The van der Waals surface area contributed by atoms with E-state index in [1.165, 1.54) is 19.3 Å². The third kappa shape index (κ3) is 2.85. The number of ketones is 1. The number of aromatic nitrogens is 2. The number of carbonyl (C=O) groups is 1. The Balaban J connectivity index is 2.79. The average Bonchev–Trinajstić information content (AvgIpc) is 2.07. The molecule has 0 radical (unpaired) electrons. The molecule has 1 heterocycles. The summed E-state index contributed by atoms with van der Waals surface area (Å²) in [5.74, 6) is 0.335. The van der Waals surface area contributed by atoms with E-state index in [1.54, 1.807) is 13.1 Å². The first-order chi connectivity index (χ1) is 6.59. The molecule has 0 aromatic carbocycles. The van der Waals surface area contributed by atoms with E-state index < -0.39 is 0 Å². The molecular weight excluding hydrogens is 180 g/mol. The Bertz CT molecular complexity index is 373. The number of nitrogen functional groups attached to an aromatic ring is 1. The van der Waals surface area contributed by atoms with Crippen LogP contribution in [-0.4, -0.2) is 15.8 Å². The Hall–Kier alpha value is -1.91. The maximum absolute atomic E-state index is 10.8. The van der Waals surface area contributed by atoms with Crippen LogP contribution in [0.5, 0.6) is 0 Å². The first-order valence-corrected chi connectivity index (χ1v) is 4.11. The Morgan fingerprint density at radius 3 is 2.86 bits per heavy atom. The highest BCUT2D eigenvalue weighted by Crippen LogP contribution is 2.14. The van der Waals surface area contributed by atoms with Gasteiger partial charge in [0.15, 0.2) is 11.6 Å². The van der Waals surface area contributed by atoms with Crippen LogP contribution in [0.3, 0.4) is 0 Å². The lowest BCUT2D eigenvalue weighted by atomic mass is 10.3. The van der Waals surface area contributed by atoms with Gasteiger partial charge in [0.05, 0.1) is 11.9 Å². The largest absolute Gasteiger partial charge is 0.382 e. The van der Waals surface area contributed by atoms with Gasteiger partial charge in [-0.15, -0.1) is 0 Å². The van der Waals surface area contributed by atoms with Gasteiger partial charge in [-0.1, -0.05) is 0 Å². The van der Waals surface area contributed by atoms with E-state index in [-0.39, 0.29) is 5.78 Å². The summed E-state index contributed by atoms with van der Waals surface area (Å²) in [4.78, 5) is 18.4. The van der Waals surface area contributed by atoms with Crippen molar-refractivity contribution in [2.75, 3.05) is 11.1 Å². The first kappa shape index (κ1) is 10.2. The van der Waals surface area contributed by atoms with Crippen molar-refractivity contribution in [1.82, 2.24) is 9.97 Å². The average molecular weight is 192 g/mol. The smallest absolute Gasteiger partial charge is 0.154 e. The Morgan fingerprint density at radius 1 is 1.57 bits per heavy atom. The van der Waals surface area contributed by atoms with E-state index in [4.69, 9.17) is 5.73 Å². The molecule has 1 rings (SSSR count). The molecule has 5 heteroatoms. The zero-order chi connectivity index (χ0) is 10.6. The second-order valence-electron chi connectivity index (χ2n) is 2.88.